The average Bonchev–Trinajstić information content (AvgIpc) is 3.63. The molecule has 0 bridgehead atoms. The number of nitrogens with zero attached hydrogens (tertiary/aromatic N) is 2. The van der Waals surface area contributed by atoms with E-state index < -0.39 is 23.0 Å². The summed E-state index contributed by atoms with van der Waals surface area (Å²) >= 11 is 0. The third-order valence-electron chi connectivity index (χ3n) is 9.71. The first-order chi connectivity index (χ1) is 19.6. The van der Waals surface area contributed by atoms with Gasteiger partial charge in [0.05, 0.1) is 41.8 Å². The van der Waals surface area contributed by atoms with Gasteiger partial charge in [0.25, 0.3) is 5.56 Å². The Kier molecular flexibility index (Phi) is 6.63. The van der Waals surface area contributed by atoms with Crippen molar-refractivity contribution in [3.63, 3.8) is 0 Å². The van der Waals surface area contributed by atoms with Gasteiger partial charge in [-0.25, -0.2) is 14.8 Å². The van der Waals surface area contributed by atoms with Crippen LogP contribution in [-0.2, 0) is 14.3 Å². The number of nitrogens with two attached hydrogens (primary N) is 1. The summed E-state index contributed by atoms with van der Waals surface area (Å²) in [6, 6.07) is 5.46. The first-order valence-corrected chi connectivity index (χ1v) is 13.9. The minimum atomic E-state index is -0.647. The quantitative estimate of drug-likeness (QED) is 0.260. The standard InChI is InChI=1S/C30H35N5O6/c1-28-8-7-23(37)29(2,15-36)21(28)6-9-30(16-40-30)22(28)13-20(34-24-5-3-4-10-32-24)19-12-18(41-26(19)39)11-17-14-33-27(31)35-25(17)38/h3-5,10-14,21-23,36-37H,6-9,15-16H2,1-2H3,(H,32,34)(H3,31,33,35,38)/b18-11+,20-13-/t21?,22?,23-,28-,29-,30?/m0/s1. The number of pyridine rings is 1. The molecule has 3 unspecified atom stereocenters. The lowest BCUT2D eigenvalue weighted by atomic mass is 9.45. The fourth-order valence-corrected chi connectivity index (χ4v) is 7.35. The number of fused-ring (bicyclic) bond motifs is 1. The Morgan fingerprint density at radius 2 is 2.05 bits per heavy atom. The van der Waals surface area contributed by atoms with Gasteiger partial charge >= 0.3 is 5.97 Å². The number of cyclic esters (lactones) is 1. The highest BCUT2D eigenvalue weighted by atomic mass is 16.6. The van der Waals surface area contributed by atoms with E-state index in [1.807, 2.05) is 13.0 Å². The van der Waals surface area contributed by atoms with Crippen LogP contribution in [-0.4, -0.2) is 56.1 Å². The summed E-state index contributed by atoms with van der Waals surface area (Å²) < 4.78 is 11.7. The highest BCUT2D eigenvalue weighted by Crippen LogP contribution is 2.66. The topological polar surface area (TPSA) is 176 Å². The number of allylic oxidation sites excluding steroid dienone is 1. The van der Waals surface area contributed by atoms with E-state index in [-0.39, 0.29) is 52.3 Å². The van der Waals surface area contributed by atoms with E-state index in [1.54, 1.807) is 24.4 Å². The van der Waals surface area contributed by atoms with Gasteiger partial charge in [-0.3, -0.25) is 9.78 Å². The van der Waals surface area contributed by atoms with Gasteiger partial charge in [0.1, 0.15) is 11.6 Å². The zero-order valence-electron chi connectivity index (χ0n) is 23.1. The Balaban J connectivity index is 1.44. The average molecular weight is 562 g/mol. The van der Waals surface area contributed by atoms with Crippen LogP contribution >= 0.6 is 0 Å². The summed E-state index contributed by atoms with van der Waals surface area (Å²) in [6.45, 7) is 4.68. The number of carbonyl (C=O) groups is 1. The van der Waals surface area contributed by atoms with Gasteiger partial charge in [-0.15, -0.1) is 0 Å². The van der Waals surface area contributed by atoms with Crippen molar-refractivity contribution in [1.82, 2.24) is 15.0 Å². The van der Waals surface area contributed by atoms with Crippen molar-refractivity contribution in [2.75, 3.05) is 24.3 Å². The molecule has 2 aliphatic carbocycles. The molecule has 2 saturated carbocycles. The number of esters is 1. The molecule has 2 aliphatic heterocycles. The predicted octanol–water partition coefficient (Wildman–Crippen LogP) is 2.52. The number of hydrogen-bond acceptors (Lipinski definition) is 10. The van der Waals surface area contributed by atoms with Crippen molar-refractivity contribution in [3.8, 4) is 0 Å². The number of aliphatic hydroxyl groups is 2. The highest BCUT2D eigenvalue weighted by molar-refractivity contribution is 5.99. The lowest BCUT2D eigenvalue weighted by Crippen LogP contribution is -2.60. The van der Waals surface area contributed by atoms with Crippen molar-refractivity contribution >= 4 is 23.8 Å². The van der Waals surface area contributed by atoms with E-state index >= 15 is 0 Å². The van der Waals surface area contributed by atoms with Crippen LogP contribution in [0.3, 0.4) is 0 Å². The predicted molar refractivity (Wildman–Crippen MR) is 151 cm³/mol. The largest absolute Gasteiger partial charge is 0.423 e. The maximum atomic E-state index is 13.3. The maximum Gasteiger partial charge on any atom is 0.345 e. The number of ether oxygens (including phenoxy) is 2. The zero-order valence-corrected chi connectivity index (χ0v) is 23.1. The van der Waals surface area contributed by atoms with Crippen LogP contribution in [0.5, 0.6) is 0 Å². The minimum Gasteiger partial charge on any atom is -0.423 e. The normalized spacial score (nSPS) is 35.7. The second-order valence-corrected chi connectivity index (χ2v) is 12.1. The third-order valence-corrected chi connectivity index (χ3v) is 9.71. The number of rotatable bonds is 6. The van der Waals surface area contributed by atoms with E-state index in [0.717, 1.165) is 19.3 Å². The molecular weight excluding hydrogens is 526 g/mol. The van der Waals surface area contributed by atoms with E-state index in [9.17, 15) is 19.8 Å². The summed E-state index contributed by atoms with van der Waals surface area (Å²) in [6.07, 6.45) is 10.4. The Morgan fingerprint density at radius 3 is 2.73 bits per heavy atom. The van der Waals surface area contributed by atoms with Gasteiger partial charge in [0, 0.05) is 23.7 Å². The Hall–Kier alpha value is -3.80. The number of aromatic nitrogens is 3. The van der Waals surface area contributed by atoms with Crippen LogP contribution in [0.15, 0.2) is 64.6 Å². The number of H-pyrrole nitrogens is 1. The molecule has 41 heavy (non-hydrogen) atoms. The lowest BCUT2D eigenvalue weighted by molar-refractivity contribution is -0.167. The second kappa shape index (κ2) is 9.93. The van der Waals surface area contributed by atoms with Crippen molar-refractivity contribution < 1.29 is 24.5 Å². The number of hydrogen-bond donors (Lipinski definition) is 5. The molecule has 0 aromatic carbocycles. The minimum absolute atomic E-state index is 0.00962. The molecule has 0 amide bonds. The van der Waals surface area contributed by atoms with E-state index in [1.165, 1.54) is 12.3 Å². The van der Waals surface area contributed by atoms with Gasteiger partial charge < -0.3 is 30.7 Å². The number of epoxide rings is 1. The van der Waals surface area contributed by atoms with Crippen LogP contribution in [0.2, 0.25) is 0 Å². The molecule has 2 aromatic rings. The van der Waals surface area contributed by atoms with E-state index in [2.05, 4.69) is 33.3 Å². The number of nitrogens with one attached hydrogen (secondary N) is 2. The molecule has 6 rings (SSSR count). The molecule has 11 nitrogen and oxygen atoms in total. The number of aromatic amines is 1. The summed E-state index contributed by atoms with van der Waals surface area (Å²) in [5.41, 5.74) is 4.75. The van der Waals surface area contributed by atoms with Crippen LogP contribution in [0, 0.1) is 22.7 Å². The van der Waals surface area contributed by atoms with E-state index in [0.29, 0.717) is 24.5 Å². The number of carbonyl (C=O) groups excluding carboxylic acids is 1. The second-order valence-electron chi connectivity index (χ2n) is 12.1. The van der Waals surface area contributed by atoms with E-state index in [4.69, 9.17) is 15.2 Å². The molecule has 4 aliphatic rings. The third kappa shape index (κ3) is 4.67. The Bertz CT molecular complexity index is 1510. The van der Waals surface area contributed by atoms with Crippen molar-refractivity contribution in [3.05, 3.63) is 75.7 Å². The summed E-state index contributed by atoms with van der Waals surface area (Å²) in [5.74, 6) is 0.0731. The molecule has 3 fully saturated rings. The number of nitrogen functional groups attached to an aromatic ring is 1. The zero-order chi connectivity index (χ0) is 29.0. The van der Waals surface area contributed by atoms with Gasteiger partial charge in [0.15, 0.2) is 5.95 Å². The fourth-order valence-electron chi connectivity index (χ4n) is 7.35. The van der Waals surface area contributed by atoms with Crippen LogP contribution in [0.4, 0.5) is 11.8 Å². The number of aliphatic hydroxyl groups excluding tert-OH is 2. The monoisotopic (exact) mass is 561 g/mol. The molecule has 2 aromatic heterocycles. The Morgan fingerprint density at radius 1 is 1.24 bits per heavy atom. The lowest BCUT2D eigenvalue weighted by Gasteiger charge is -2.60. The molecule has 6 atom stereocenters. The number of anilines is 2. The highest BCUT2D eigenvalue weighted by Gasteiger charge is 2.66. The fraction of sp³-hybridized carbons (Fsp3) is 0.467. The molecule has 1 saturated heterocycles. The van der Waals surface area contributed by atoms with Gasteiger partial charge in [-0.05, 0) is 61.3 Å². The van der Waals surface area contributed by atoms with Crippen molar-refractivity contribution in [1.29, 1.82) is 0 Å². The van der Waals surface area contributed by atoms with Gasteiger partial charge in [0.2, 0.25) is 0 Å². The molecule has 216 valence electrons. The molecule has 6 N–H and O–H groups in total. The summed E-state index contributed by atoms with van der Waals surface area (Å²) in [7, 11) is 0. The smallest absolute Gasteiger partial charge is 0.345 e. The van der Waals surface area contributed by atoms with Crippen molar-refractivity contribution in [2.45, 2.75) is 51.2 Å². The van der Waals surface area contributed by atoms with Gasteiger partial charge in [-0.1, -0.05) is 26.0 Å². The summed E-state index contributed by atoms with van der Waals surface area (Å²) in [5, 5.41) is 24.7. The van der Waals surface area contributed by atoms with Crippen LogP contribution < -0.4 is 16.6 Å². The molecule has 4 heterocycles. The van der Waals surface area contributed by atoms with Gasteiger partial charge in [-0.2, -0.15) is 0 Å². The molecular formula is C30H35N5O6. The molecule has 1 spiro atoms. The van der Waals surface area contributed by atoms with Crippen molar-refractivity contribution in [2.24, 2.45) is 22.7 Å². The first kappa shape index (κ1) is 27.4. The molecule has 11 heteroatoms. The van der Waals surface area contributed by atoms with Crippen LogP contribution in [0.25, 0.3) is 6.08 Å². The maximum absolute atomic E-state index is 13.3. The Labute approximate surface area is 237 Å². The van der Waals surface area contributed by atoms with Crippen LogP contribution in [0.1, 0.15) is 45.1 Å². The molecule has 0 radical (unpaired) electrons. The first-order valence-electron chi connectivity index (χ1n) is 13.9. The SMILES string of the molecule is C[C@]12CC[C@H](O)[C@@](C)(CO)C1CCC1(CO1)C2/C=C(\Nc1ccccn1)C1=C/C(=C\c2cnc(N)[nH]c2=O)OC1=O. The summed E-state index contributed by atoms with van der Waals surface area (Å²) in [4.78, 5) is 36.3.